The summed E-state index contributed by atoms with van der Waals surface area (Å²) in [5, 5.41) is 4.50. The molecule has 2 aliphatic rings. The molecular formula is C13H22BrNOS. The molecule has 0 aromatic rings. The molecule has 17 heavy (non-hydrogen) atoms. The van der Waals surface area contributed by atoms with Crippen LogP contribution in [0.4, 0.5) is 0 Å². The fourth-order valence-electron chi connectivity index (χ4n) is 2.88. The zero-order chi connectivity index (χ0) is 12.1. The number of alkyl halides is 1. The SMILES string of the molecule is O=C(NCC1CCCC1CBr)C1CCCCS1. The zero-order valence-corrected chi connectivity index (χ0v) is 12.7. The van der Waals surface area contributed by atoms with Crippen LogP contribution in [-0.2, 0) is 4.79 Å². The number of hydrogen-bond acceptors (Lipinski definition) is 2. The van der Waals surface area contributed by atoms with Crippen LogP contribution in [-0.4, -0.2) is 28.8 Å². The molecule has 4 heteroatoms. The van der Waals surface area contributed by atoms with Crippen LogP contribution in [0.5, 0.6) is 0 Å². The Morgan fingerprint density at radius 3 is 2.71 bits per heavy atom. The third-order valence-corrected chi connectivity index (χ3v) is 6.23. The first-order valence-electron chi connectivity index (χ1n) is 6.76. The average Bonchev–Trinajstić information content (AvgIpc) is 2.84. The van der Waals surface area contributed by atoms with Crippen LogP contribution in [0.1, 0.15) is 38.5 Å². The van der Waals surface area contributed by atoms with E-state index in [2.05, 4.69) is 21.2 Å². The minimum Gasteiger partial charge on any atom is -0.355 e. The van der Waals surface area contributed by atoms with E-state index in [1.165, 1.54) is 32.1 Å². The van der Waals surface area contributed by atoms with Gasteiger partial charge in [-0.05, 0) is 43.3 Å². The largest absolute Gasteiger partial charge is 0.355 e. The van der Waals surface area contributed by atoms with Crippen molar-refractivity contribution in [3.05, 3.63) is 0 Å². The molecule has 2 nitrogen and oxygen atoms in total. The summed E-state index contributed by atoms with van der Waals surface area (Å²) in [7, 11) is 0. The molecule has 1 aliphatic carbocycles. The molecule has 1 aliphatic heterocycles. The molecule has 1 saturated carbocycles. The van der Waals surface area contributed by atoms with Crippen LogP contribution < -0.4 is 5.32 Å². The smallest absolute Gasteiger partial charge is 0.233 e. The van der Waals surface area contributed by atoms with Gasteiger partial charge in [-0.1, -0.05) is 28.8 Å². The van der Waals surface area contributed by atoms with Gasteiger partial charge in [-0.2, -0.15) is 0 Å². The molecule has 1 heterocycles. The monoisotopic (exact) mass is 319 g/mol. The number of carbonyl (C=O) groups is 1. The van der Waals surface area contributed by atoms with Crippen molar-refractivity contribution in [2.45, 2.75) is 43.8 Å². The second kappa shape index (κ2) is 7.03. The lowest BCUT2D eigenvalue weighted by Crippen LogP contribution is -2.38. The molecule has 0 spiro atoms. The first-order chi connectivity index (χ1) is 8.31. The third kappa shape index (κ3) is 3.88. The Morgan fingerprint density at radius 1 is 1.18 bits per heavy atom. The summed E-state index contributed by atoms with van der Waals surface area (Å²) in [4.78, 5) is 12.0. The standard InChI is InChI=1S/C13H22BrNOS/c14-8-10-4-3-5-11(10)9-15-13(16)12-6-1-2-7-17-12/h10-12H,1-9H2,(H,15,16). The summed E-state index contributed by atoms with van der Waals surface area (Å²) in [6, 6.07) is 0. The number of hydrogen-bond donors (Lipinski definition) is 1. The van der Waals surface area contributed by atoms with E-state index < -0.39 is 0 Å². The van der Waals surface area contributed by atoms with Crippen LogP contribution in [0.2, 0.25) is 0 Å². The minimum atomic E-state index is 0.229. The molecule has 0 aromatic heterocycles. The Morgan fingerprint density at radius 2 is 2.00 bits per heavy atom. The van der Waals surface area contributed by atoms with Gasteiger partial charge in [0.1, 0.15) is 0 Å². The predicted molar refractivity (Wildman–Crippen MR) is 77.7 cm³/mol. The van der Waals surface area contributed by atoms with E-state index in [1.54, 1.807) is 0 Å². The first kappa shape index (κ1) is 13.7. The molecule has 1 saturated heterocycles. The van der Waals surface area contributed by atoms with E-state index in [0.717, 1.165) is 30.0 Å². The van der Waals surface area contributed by atoms with Crippen molar-refractivity contribution in [3.63, 3.8) is 0 Å². The Balaban J connectivity index is 1.71. The van der Waals surface area contributed by atoms with Gasteiger partial charge in [-0.3, -0.25) is 4.79 Å². The molecule has 1 N–H and O–H groups in total. The quantitative estimate of drug-likeness (QED) is 0.806. The van der Waals surface area contributed by atoms with Crippen molar-refractivity contribution in [2.75, 3.05) is 17.6 Å². The third-order valence-electron chi connectivity index (χ3n) is 4.03. The molecule has 0 bridgehead atoms. The highest BCUT2D eigenvalue weighted by Gasteiger charge is 2.28. The summed E-state index contributed by atoms with van der Waals surface area (Å²) >= 11 is 5.42. The Kier molecular flexibility index (Phi) is 5.67. The van der Waals surface area contributed by atoms with Gasteiger partial charge in [0.15, 0.2) is 0 Å². The van der Waals surface area contributed by atoms with Crippen molar-refractivity contribution < 1.29 is 4.79 Å². The summed E-state index contributed by atoms with van der Waals surface area (Å²) in [5.41, 5.74) is 0. The normalized spacial score (nSPS) is 33.6. The molecular weight excluding hydrogens is 298 g/mol. The second-order valence-corrected chi connectivity index (χ2v) is 7.16. The molecule has 2 rings (SSSR count). The topological polar surface area (TPSA) is 29.1 Å². The van der Waals surface area contributed by atoms with E-state index in [4.69, 9.17) is 0 Å². The fraction of sp³-hybridized carbons (Fsp3) is 0.923. The number of amides is 1. The molecule has 3 atom stereocenters. The maximum atomic E-state index is 12.0. The molecule has 0 radical (unpaired) electrons. The molecule has 2 fully saturated rings. The maximum Gasteiger partial charge on any atom is 0.233 e. The van der Waals surface area contributed by atoms with Crippen molar-refractivity contribution in [1.82, 2.24) is 5.32 Å². The van der Waals surface area contributed by atoms with Crippen molar-refractivity contribution >= 4 is 33.6 Å². The van der Waals surface area contributed by atoms with Gasteiger partial charge in [-0.15, -0.1) is 11.8 Å². The average molecular weight is 320 g/mol. The van der Waals surface area contributed by atoms with Crippen molar-refractivity contribution in [3.8, 4) is 0 Å². The Bertz CT molecular complexity index is 256. The van der Waals surface area contributed by atoms with Gasteiger partial charge in [-0.25, -0.2) is 0 Å². The van der Waals surface area contributed by atoms with Crippen molar-refractivity contribution in [2.24, 2.45) is 11.8 Å². The van der Waals surface area contributed by atoms with Gasteiger partial charge >= 0.3 is 0 Å². The Hall–Kier alpha value is 0.300. The van der Waals surface area contributed by atoms with E-state index in [0.29, 0.717) is 5.92 Å². The van der Waals surface area contributed by atoms with Crippen LogP contribution in [0.25, 0.3) is 0 Å². The number of halogens is 1. The Labute approximate surface area is 117 Å². The number of nitrogens with one attached hydrogen (secondary N) is 1. The van der Waals surface area contributed by atoms with E-state index >= 15 is 0 Å². The first-order valence-corrected chi connectivity index (χ1v) is 8.93. The van der Waals surface area contributed by atoms with Gasteiger partial charge in [0, 0.05) is 11.9 Å². The van der Waals surface area contributed by atoms with Crippen molar-refractivity contribution in [1.29, 1.82) is 0 Å². The molecule has 0 aromatic carbocycles. The number of rotatable bonds is 4. The lowest BCUT2D eigenvalue weighted by Gasteiger charge is -2.23. The highest BCUT2D eigenvalue weighted by Crippen LogP contribution is 2.32. The van der Waals surface area contributed by atoms with Gasteiger partial charge in [0.05, 0.1) is 5.25 Å². The summed E-state index contributed by atoms with van der Waals surface area (Å²) in [6.45, 7) is 0.895. The number of thioether (sulfide) groups is 1. The number of carbonyl (C=O) groups excluding carboxylic acids is 1. The molecule has 3 unspecified atom stereocenters. The highest BCUT2D eigenvalue weighted by molar-refractivity contribution is 9.09. The molecule has 98 valence electrons. The lowest BCUT2D eigenvalue weighted by molar-refractivity contribution is -0.120. The molecule has 1 amide bonds. The predicted octanol–water partition coefficient (Wildman–Crippen LogP) is 3.20. The van der Waals surface area contributed by atoms with Gasteiger partial charge in [0.2, 0.25) is 5.91 Å². The lowest BCUT2D eigenvalue weighted by atomic mass is 9.98. The van der Waals surface area contributed by atoms with Crippen LogP contribution in [0.15, 0.2) is 0 Å². The fourth-order valence-corrected chi connectivity index (χ4v) is 4.95. The highest BCUT2D eigenvalue weighted by atomic mass is 79.9. The summed E-state index contributed by atoms with van der Waals surface area (Å²) in [6.07, 6.45) is 7.51. The summed E-state index contributed by atoms with van der Waals surface area (Å²) < 4.78 is 0. The van der Waals surface area contributed by atoms with Crippen LogP contribution >= 0.6 is 27.7 Å². The zero-order valence-electron chi connectivity index (χ0n) is 10.3. The summed E-state index contributed by atoms with van der Waals surface area (Å²) in [5.74, 6) is 2.92. The van der Waals surface area contributed by atoms with E-state index in [1.807, 2.05) is 11.8 Å². The minimum absolute atomic E-state index is 0.229. The van der Waals surface area contributed by atoms with E-state index in [9.17, 15) is 4.79 Å². The van der Waals surface area contributed by atoms with Gasteiger partial charge in [0.25, 0.3) is 0 Å². The van der Waals surface area contributed by atoms with E-state index in [-0.39, 0.29) is 11.2 Å². The maximum absolute atomic E-state index is 12.0. The van der Waals surface area contributed by atoms with Gasteiger partial charge < -0.3 is 5.32 Å². The van der Waals surface area contributed by atoms with Crippen LogP contribution in [0, 0.1) is 11.8 Å². The second-order valence-electron chi connectivity index (χ2n) is 5.21. The van der Waals surface area contributed by atoms with Crippen LogP contribution in [0.3, 0.4) is 0 Å².